The number of hydrogen-bond acceptors (Lipinski definition) is 2. The van der Waals surface area contributed by atoms with E-state index in [2.05, 4.69) is 5.32 Å². The third-order valence-electron chi connectivity index (χ3n) is 4.01. The second-order valence-electron chi connectivity index (χ2n) is 5.57. The lowest BCUT2D eigenvalue weighted by atomic mass is 9.76. The Hall–Kier alpha value is -1.27. The number of alkyl halides is 3. The van der Waals surface area contributed by atoms with Crippen LogP contribution in [0.25, 0.3) is 0 Å². The Morgan fingerprint density at radius 3 is 2.59 bits per heavy atom. The number of carbonyl (C=O) groups is 1. The first kappa shape index (κ1) is 17.1. The summed E-state index contributed by atoms with van der Waals surface area (Å²) >= 11 is 5.85. The van der Waals surface area contributed by atoms with Crippen LogP contribution >= 0.6 is 11.6 Å². The lowest BCUT2D eigenvalue weighted by Gasteiger charge is -2.37. The van der Waals surface area contributed by atoms with E-state index >= 15 is 0 Å². The van der Waals surface area contributed by atoms with Gasteiger partial charge in [0.05, 0.1) is 22.3 Å². The molecule has 0 bridgehead atoms. The highest BCUT2D eigenvalue weighted by molar-refractivity contribution is 6.33. The number of nitrogens with one attached hydrogen (secondary N) is 1. The Morgan fingerprint density at radius 1 is 1.45 bits per heavy atom. The second-order valence-corrected chi connectivity index (χ2v) is 5.97. The quantitative estimate of drug-likeness (QED) is 0.882. The predicted octanol–water partition coefficient (Wildman–Crippen LogP) is 3.64. The molecule has 22 heavy (non-hydrogen) atoms. The molecule has 0 spiro atoms. The number of amides is 1. The number of benzene rings is 1. The molecule has 1 aromatic carbocycles. The molecule has 0 aliphatic heterocycles. The highest BCUT2D eigenvalue weighted by Gasteiger charge is 2.35. The second kappa shape index (κ2) is 6.46. The summed E-state index contributed by atoms with van der Waals surface area (Å²) in [5.74, 6) is -0.474. The summed E-state index contributed by atoms with van der Waals surface area (Å²) in [6, 6.07) is 2.51. The van der Waals surface area contributed by atoms with E-state index in [0.717, 1.165) is 18.2 Å². The van der Waals surface area contributed by atoms with E-state index in [-0.39, 0.29) is 28.6 Å². The van der Waals surface area contributed by atoms with Crippen LogP contribution in [0.1, 0.15) is 42.1 Å². The van der Waals surface area contributed by atoms with E-state index in [0.29, 0.717) is 19.3 Å². The summed E-state index contributed by atoms with van der Waals surface area (Å²) < 4.78 is 38.2. The van der Waals surface area contributed by atoms with Crippen molar-refractivity contribution in [1.82, 2.24) is 5.32 Å². The minimum absolute atomic E-state index is 0.0194. The van der Waals surface area contributed by atoms with Gasteiger partial charge in [0.2, 0.25) is 0 Å². The van der Waals surface area contributed by atoms with Crippen molar-refractivity contribution in [3.05, 3.63) is 34.3 Å². The number of halogens is 4. The topological polar surface area (TPSA) is 49.3 Å². The summed E-state index contributed by atoms with van der Waals surface area (Å²) in [4.78, 5) is 12.2. The van der Waals surface area contributed by atoms with Gasteiger partial charge in [-0.15, -0.1) is 0 Å². The fourth-order valence-electron chi connectivity index (χ4n) is 2.63. The van der Waals surface area contributed by atoms with Crippen molar-refractivity contribution in [3.8, 4) is 0 Å². The fraction of sp³-hybridized carbons (Fsp3) is 0.533. The van der Waals surface area contributed by atoms with Gasteiger partial charge in [-0.1, -0.05) is 18.5 Å². The van der Waals surface area contributed by atoms with Crippen molar-refractivity contribution < 1.29 is 23.1 Å². The van der Waals surface area contributed by atoms with Crippen LogP contribution in [0.3, 0.4) is 0 Å². The molecular formula is C15H17ClF3NO2. The first-order valence-electron chi connectivity index (χ1n) is 7.08. The zero-order valence-electron chi connectivity index (χ0n) is 12.0. The molecule has 1 unspecified atom stereocenters. The van der Waals surface area contributed by atoms with Crippen molar-refractivity contribution in [2.75, 3.05) is 0 Å². The molecule has 1 aliphatic rings. The van der Waals surface area contributed by atoms with Gasteiger partial charge in [-0.2, -0.15) is 13.2 Å². The maximum Gasteiger partial charge on any atom is 0.416 e. The molecule has 0 radical (unpaired) electrons. The number of hydrogen-bond donors (Lipinski definition) is 2. The SMILES string of the molecule is CCC(NC(=O)c1cc(C(F)(F)F)ccc1Cl)C1CC(O)C1. The van der Waals surface area contributed by atoms with E-state index in [1.807, 2.05) is 6.92 Å². The number of carbonyl (C=O) groups excluding carboxylic acids is 1. The highest BCUT2D eigenvalue weighted by atomic mass is 35.5. The van der Waals surface area contributed by atoms with Gasteiger partial charge in [-0.05, 0) is 43.4 Å². The first-order valence-corrected chi connectivity index (χ1v) is 7.45. The maximum atomic E-state index is 12.7. The number of rotatable bonds is 4. The van der Waals surface area contributed by atoms with Crippen LogP contribution in [0.2, 0.25) is 5.02 Å². The monoisotopic (exact) mass is 335 g/mol. The normalized spacial score (nSPS) is 22.8. The Bertz CT molecular complexity index is 556. The molecule has 2 N–H and O–H groups in total. The highest BCUT2D eigenvalue weighted by Crippen LogP contribution is 2.33. The Kier molecular flexibility index (Phi) is 5.02. The summed E-state index contributed by atoms with van der Waals surface area (Å²) in [5.41, 5.74) is -1.09. The number of aliphatic hydroxyl groups is 1. The summed E-state index contributed by atoms with van der Waals surface area (Å²) in [6.07, 6.45) is -3.06. The van der Waals surface area contributed by atoms with Gasteiger partial charge in [0.15, 0.2) is 0 Å². The molecule has 0 heterocycles. The van der Waals surface area contributed by atoms with Gasteiger partial charge in [0, 0.05) is 6.04 Å². The van der Waals surface area contributed by atoms with Crippen molar-refractivity contribution in [2.24, 2.45) is 5.92 Å². The Labute approximate surface area is 131 Å². The molecule has 1 aliphatic carbocycles. The van der Waals surface area contributed by atoms with Crippen molar-refractivity contribution in [2.45, 2.75) is 44.5 Å². The van der Waals surface area contributed by atoms with Gasteiger partial charge in [0.1, 0.15) is 0 Å². The molecule has 122 valence electrons. The summed E-state index contributed by atoms with van der Waals surface area (Å²) in [5, 5.41) is 12.0. The minimum Gasteiger partial charge on any atom is -0.393 e. The van der Waals surface area contributed by atoms with Crippen molar-refractivity contribution in [1.29, 1.82) is 0 Å². The zero-order chi connectivity index (χ0) is 16.5. The Balaban J connectivity index is 2.14. The Morgan fingerprint density at radius 2 is 2.09 bits per heavy atom. The molecule has 1 atom stereocenters. The van der Waals surface area contributed by atoms with E-state index in [4.69, 9.17) is 11.6 Å². The molecule has 0 saturated heterocycles. The van der Waals surface area contributed by atoms with Crippen LogP contribution in [0.5, 0.6) is 0 Å². The zero-order valence-corrected chi connectivity index (χ0v) is 12.7. The smallest absolute Gasteiger partial charge is 0.393 e. The molecule has 3 nitrogen and oxygen atoms in total. The van der Waals surface area contributed by atoms with Gasteiger partial charge < -0.3 is 10.4 Å². The van der Waals surface area contributed by atoms with Crippen LogP contribution in [0, 0.1) is 5.92 Å². The molecule has 1 amide bonds. The molecule has 1 fully saturated rings. The van der Waals surface area contributed by atoms with Gasteiger partial charge >= 0.3 is 6.18 Å². The van der Waals surface area contributed by atoms with E-state index in [1.165, 1.54) is 0 Å². The molecule has 0 aromatic heterocycles. The first-order chi connectivity index (χ1) is 10.2. The molecule has 7 heteroatoms. The largest absolute Gasteiger partial charge is 0.416 e. The predicted molar refractivity (Wildman–Crippen MR) is 76.7 cm³/mol. The molecule has 1 aromatic rings. The average Bonchev–Trinajstić information content (AvgIpc) is 2.40. The van der Waals surface area contributed by atoms with E-state index in [9.17, 15) is 23.1 Å². The molecule has 2 rings (SSSR count). The molecular weight excluding hydrogens is 319 g/mol. The van der Waals surface area contributed by atoms with Crippen LogP contribution in [-0.4, -0.2) is 23.2 Å². The van der Waals surface area contributed by atoms with E-state index < -0.39 is 17.6 Å². The van der Waals surface area contributed by atoms with Crippen LogP contribution < -0.4 is 5.32 Å². The van der Waals surface area contributed by atoms with Crippen molar-refractivity contribution >= 4 is 17.5 Å². The lowest BCUT2D eigenvalue weighted by molar-refractivity contribution is -0.137. The van der Waals surface area contributed by atoms with Crippen LogP contribution in [-0.2, 0) is 6.18 Å². The lowest BCUT2D eigenvalue weighted by Crippen LogP contribution is -2.46. The average molecular weight is 336 g/mol. The van der Waals surface area contributed by atoms with Gasteiger partial charge in [-0.3, -0.25) is 4.79 Å². The van der Waals surface area contributed by atoms with Crippen molar-refractivity contribution in [3.63, 3.8) is 0 Å². The standard InChI is InChI=1S/C15H17ClF3NO2/c1-2-13(8-5-10(21)6-8)20-14(22)11-7-9(15(17,18)19)3-4-12(11)16/h3-4,7-8,10,13,21H,2,5-6H2,1H3,(H,20,22). The summed E-state index contributed by atoms with van der Waals surface area (Å²) in [6.45, 7) is 1.88. The van der Waals surface area contributed by atoms with Crippen LogP contribution in [0.15, 0.2) is 18.2 Å². The van der Waals surface area contributed by atoms with Crippen LogP contribution in [0.4, 0.5) is 13.2 Å². The third kappa shape index (κ3) is 3.73. The van der Waals surface area contributed by atoms with Gasteiger partial charge in [-0.25, -0.2) is 0 Å². The summed E-state index contributed by atoms with van der Waals surface area (Å²) in [7, 11) is 0. The fourth-order valence-corrected chi connectivity index (χ4v) is 2.84. The maximum absolute atomic E-state index is 12.7. The van der Waals surface area contributed by atoms with E-state index in [1.54, 1.807) is 0 Å². The third-order valence-corrected chi connectivity index (χ3v) is 4.34. The minimum atomic E-state index is -4.53. The van der Waals surface area contributed by atoms with Gasteiger partial charge in [0.25, 0.3) is 5.91 Å². The number of aliphatic hydroxyl groups excluding tert-OH is 1. The molecule has 1 saturated carbocycles.